The first kappa shape index (κ1) is 17.5. The number of nitrogens with zero attached hydrogens (tertiary/aromatic N) is 2. The van der Waals surface area contributed by atoms with Crippen molar-refractivity contribution in [3.8, 4) is 0 Å². The van der Waals surface area contributed by atoms with Crippen LogP contribution >= 0.6 is 0 Å². The van der Waals surface area contributed by atoms with Gasteiger partial charge in [0.1, 0.15) is 6.10 Å². The second-order valence-corrected chi connectivity index (χ2v) is 6.37. The second kappa shape index (κ2) is 8.67. The van der Waals surface area contributed by atoms with E-state index in [1.165, 1.54) is 16.7 Å². The van der Waals surface area contributed by atoms with E-state index in [4.69, 9.17) is 4.74 Å². The van der Waals surface area contributed by atoms with Crippen LogP contribution in [0.2, 0.25) is 0 Å². The van der Waals surface area contributed by atoms with Crippen LogP contribution in [-0.4, -0.2) is 44.1 Å². The molecule has 0 aliphatic carbocycles. The van der Waals surface area contributed by atoms with Gasteiger partial charge in [-0.3, -0.25) is 4.99 Å². The lowest BCUT2D eigenvalue weighted by Crippen LogP contribution is -2.48. The quantitative estimate of drug-likeness (QED) is 0.688. The predicted molar refractivity (Wildman–Crippen MR) is 103 cm³/mol. The number of guanidine groups is 1. The Balaban J connectivity index is 1.58. The molecule has 0 saturated carbocycles. The minimum Gasteiger partial charge on any atom is -0.370 e. The van der Waals surface area contributed by atoms with Gasteiger partial charge in [-0.25, -0.2) is 0 Å². The van der Waals surface area contributed by atoms with Crippen molar-refractivity contribution in [3.05, 3.63) is 71.3 Å². The van der Waals surface area contributed by atoms with Crippen LogP contribution in [0.5, 0.6) is 0 Å². The fraction of sp³-hybridized carbons (Fsp3) is 0.381. The highest BCUT2D eigenvalue weighted by molar-refractivity contribution is 5.80. The number of aryl methyl sites for hydroxylation is 1. The third kappa shape index (κ3) is 4.60. The van der Waals surface area contributed by atoms with Crippen LogP contribution in [0.25, 0.3) is 0 Å². The van der Waals surface area contributed by atoms with E-state index >= 15 is 0 Å². The number of ether oxygens (including phenoxy) is 1. The van der Waals surface area contributed by atoms with E-state index in [9.17, 15) is 0 Å². The fourth-order valence-electron chi connectivity index (χ4n) is 3.27. The summed E-state index contributed by atoms with van der Waals surface area (Å²) in [6, 6.07) is 19.0. The van der Waals surface area contributed by atoms with E-state index < -0.39 is 0 Å². The molecule has 1 N–H and O–H groups in total. The molecular formula is C21H27N3O. The van der Waals surface area contributed by atoms with Gasteiger partial charge >= 0.3 is 0 Å². The van der Waals surface area contributed by atoms with Gasteiger partial charge in [-0.15, -0.1) is 0 Å². The number of nitrogens with one attached hydrogen (secondary N) is 1. The molecule has 0 amide bonds. The molecule has 1 heterocycles. The molecule has 1 aliphatic heterocycles. The molecule has 4 nitrogen and oxygen atoms in total. The Labute approximate surface area is 150 Å². The van der Waals surface area contributed by atoms with E-state index in [1.807, 2.05) is 7.05 Å². The molecular weight excluding hydrogens is 310 g/mol. The third-order valence-electron chi connectivity index (χ3n) is 4.65. The molecule has 1 fully saturated rings. The summed E-state index contributed by atoms with van der Waals surface area (Å²) in [6.45, 7) is 5.44. The Morgan fingerprint density at radius 3 is 2.68 bits per heavy atom. The predicted octanol–water partition coefficient (Wildman–Crippen LogP) is 3.19. The van der Waals surface area contributed by atoms with Gasteiger partial charge in [0.25, 0.3) is 0 Å². The van der Waals surface area contributed by atoms with Gasteiger partial charge in [-0.1, -0.05) is 54.6 Å². The first-order chi connectivity index (χ1) is 12.3. The van der Waals surface area contributed by atoms with E-state index in [-0.39, 0.29) is 6.10 Å². The topological polar surface area (TPSA) is 36.9 Å². The van der Waals surface area contributed by atoms with Crippen LogP contribution in [-0.2, 0) is 11.2 Å². The maximum atomic E-state index is 6.02. The zero-order valence-corrected chi connectivity index (χ0v) is 15.1. The maximum Gasteiger partial charge on any atom is 0.193 e. The Bertz CT molecular complexity index is 699. The molecule has 0 spiro atoms. The van der Waals surface area contributed by atoms with Gasteiger partial charge in [0.2, 0.25) is 0 Å². The summed E-state index contributed by atoms with van der Waals surface area (Å²) in [6.07, 6.45) is 1.09. The molecule has 4 heteroatoms. The van der Waals surface area contributed by atoms with Crippen molar-refractivity contribution in [2.24, 2.45) is 4.99 Å². The summed E-state index contributed by atoms with van der Waals surface area (Å²) >= 11 is 0. The van der Waals surface area contributed by atoms with Crippen molar-refractivity contribution in [3.63, 3.8) is 0 Å². The average molecular weight is 337 g/mol. The van der Waals surface area contributed by atoms with Crippen molar-refractivity contribution in [1.29, 1.82) is 0 Å². The zero-order valence-electron chi connectivity index (χ0n) is 15.1. The van der Waals surface area contributed by atoms with E-state index in [0.29, 0.717) is 0 Å². The lowest BCUT2D eigenvalue weighted by Gasteiger charge is -2.35. The Kier molecular flexibility index (Phi) is 6.07. The fourth-order valence-corrected chi connectivity index (χ4v) is 3.27. The summed E-state index contributed by atoms with van der Waals surface area (Å²) in [7, 11) is 1.85. The van der Waals surface area contributed by atoms with E-state index in [0.717, 1.165) is 38.6 Å². The molecule has 2 aromatic carbocycles. The van der Waals surface area contributed by atoms with Gasteiger partial charge in [0.15, 0.2) is 5.96 Å². The van der Waals surface area contributed by atoms with Gasteiger partial charge in [0.05, 0.1) is 13.2 Å². The number of rotatable bonds is 4. The average Bonchev–Trinajstić information content (AvgIpc) is 2.66. The highest BCUT2D eigenvalue weighted by Crippen LogP contribution is 2.24. The molecule has 1 aliphatic rings. The lowest BCUT2D eigenvalue weighted by molar-refractivity contribution is -0.00829. The maximum absolute atomic E-state index is 6.02. The van der Waals surface area contributed by atoms with Crippen molar-refractivity contribution >= 4 is 5.96 Å². The Hall–Kier alpha value is -2.33. The summed E-state index contributed by atoms with van der Waals surface area (Å²) in [5.74, 6) is 0.956. The molecule has 1 unspecified atom stereocenters. The number of benzene rings is 2. The minimum atomic E-state index is 0.0997. The van der Waals surface area contributed by atoms with Crippen LogP contribution in [0.1, 0.15) is 22.8 Å². The van der Waals surface area contributed by atoms with E-state index in [2.05, 4.69) is 76.7 Å². The molecule has 1 atom stereocenters. The van der Waals surface area contributed by atoms with Crippen LogP contribution in [0.3, 0.4) is 0 Å². The second-order valence-electron chi connectivity index (χ2n) is 6.37. The molecule has 0 radical (unpaired) electrons. The van der Waals surface area contributed by atoms with E-state index in [1.54, 1.807) is 0 Å². The SMILES string of the molecule is CN=C(NCCc1ccccc1)N1CCOC(c2ccccc2C)C1. The molecule has 2 aromatic rings. The highest BCUT2D eigenvalue weighted by Gasteiger charge is 2.24. The van der Waals surface area contributed by atoms with Crippen LogP contribution in [0, 0.1) is 6.92 Å². The lowest BCUT2D eigenvalue weighted by atomic mass is 10.0. The molecule has 132 valence electrons. The third-order valence-corrected chi connectivity index (χ3v) is 4.65. The molecule has 25 heavy (non-hydrogen) atoms. The Morgan fingerprint density at radius 1 is 1.16 bits per heavy atom. The van der Waals surface area contributed by atoms with Crippen LogP contribution in [0.15, 0.2) is 59.6 Å². The van der Waals surface area contributed by atoms with Gasteiger partial charge in [-0.2, -0.15) is 0 Å². The van der Waals surface area contributed by atoms with Crippen LogP contribution < -0.4 is 5.32 Å². The summed E-state index contributed by atoms with van der Waals surface area (Å²) in [5.41, 5.74) is 3.89. The number of morpholine rings is 1. The number of hydrogen-bond donors (Lipinski definition) is 1. The zero-order chi connectivity index (χ0) is 17.5. The highest BCUT2D eigenvalue weighted by atomic mass is 16.5. The van der Waals surface area contributed by atoms with Gasteiger partial charge < -0.3 is 15.0 Å². The smallest absolute Gasteiger partial charge is 0.193 e. The van der Waals surface area contributed by atoms with Crippen LogP contribution in [0.4, 0.5) is 0 Å². The molecule has 1 saturated heterocycles. The number of aliphatic imine (C=N–C) groups is 1. The monoisotopic (exact) mass is 337 g/mol. The summed E-state index contributed by atoms with van der Waals surface area (Å²) in [4.78, 5) is 6.77. The standard InChI is InChI=1S/C21H27N3O/c1-17-8-6-7-11-19(17)20-16-24(14-15-25-20)21(22-2)23-13-12-18-9-4-3-5-10-18/h3-11,20H,12-16H2,1-2H3,(H,22,23). The molecule has 3 rings (SSSR count). The van der Waals surface area contributed by atoms with Crippen molar-refractivity contribution in [2.45, 2.75) is 19.4 Å². The summed E-state index contributed by atoms with van der Waals surface area (Å²) < 4.78 is 6.02. The molecule has 0 bridgehead atoms. The van der Waals surface area contributed by atoms with Gasteiger partial charge in [0, 0.05) is 20.1 Å². The minimum absolute atomic E-state index is 0.0997. The van der Waals surface area contributed by atoms with Crippen molar-refractivity contribution < 1.29 is 4.74 Å². The first-order valence-corrected chi connectivity index (χ1v) is 8.94. The summed E-state index contributed by atoms with van der Waals surface area (Å²) in [5, 5.41) is 3.49. The molecule has 0 aromatic heterocycles. The van der Waals surface area contributed by atoms with Gasteiger partial charge in [-0.05, 0) is 30.0 Å². The Morgan fingerprint density at radius 2 is 1.92 bits per heavy atom. The van der Waals surface area contributed by atoms with Crippen molar-refractivity contribution in [1.82, 2.24) is 10.2 Å². The van der Waals surface area contributed by atoms with Crippen molar-refractivity contribution in [2.75, 3.05) is 33.3 Å². The largest absolute Gasteiger partial charge is 0.370 e. The number of hydrogen-bond acceptors (Lipinski definition) is 2. The first-order valence-electron chi connectivity index (χ1n) is 8.94. The normalized spacial score (nSPS) is 18.2.